The molecular formula is C14H12Cl3N. The highest BCUT2D eigenvalue weighted by atomic mass is 35.5. The Bertz CT molecular complexity index is 537. The molecule has 0 aliphatic heterocycles. The standard InChI is InChI=1S/C14H12Cl3N/c1-18-14(9-2-4-10(15)5-3-9)12-7-6-11(16)8-13(12)17/h2-8,14,18H,1H3. The number of benzene rings is 2. The molecule has 0 saturated heterocycles. The number of hydrogen-bond acceptors (Lipinski definition) is 1. The van der Waals surface area contributed by atoms with Gasteiger partial charge in [-0.25, -0.2) is 0 Å². The number of nitrogens with one attached hydrogen (secondary N) is 1. The second kappa shape index (κ2) is 5.94. The topological polar surface area (TPSA) is 12.0 Å². The van der Waals surface area contributed by atoms with E-state index in [0.29, 0.717) is 10.0 Å². The molecular weight excluding hydrogens is 289 g/mol. The Morgan fingerprint density at radius 1 is 0.889 bits per heavy atom. The van der Waals surface area contributed by atoms with E-state index < -0.39 is 0 Å². The average molecular weight is 301 g/mol. The summed E-state index contributed by atoms with van der Waals surface area (Å²) in [7, 11) is 1.89. The Labute approximate surface area is 122 Å². The minimum atomic E-state index is 0.0204. The maximum Gasteiger partial charge on any atom is 0.0589 e. The molecule has 0 spiro atoms. The van der Waals surface area contributed by atoms with E-state index in [0.717, 1.165) is 16.1 Å². The summed E-state index contributed by atoms with van der Waals surface area (Å²) in [6.07, 6.45) is 0. The molecule has 0 aliphatic rings. The van der Waals surface area contributed by atoms with Crippen molar-refractivity contribution in [2.75, 3.05) is 7.05 Å². The molecule has 2 aromatic carbocycles. The van der Waals surface area contributed by atoms with Crippen molar-refractivity contribution in [1.82, 2.24) is 5.32 Å². The molecule has 0 saturated carbocycles. The lowest BCUT2D eigenvalue weighted by Crippen LogP contribution is -2.17. The van der Waals surface area contributed by atoms with Crippen LogP contribution >= 0.6 is 34.8 Å². The normalized spacial score (nSPS) is 12.4. The van der Waals surface area contributed by atoms with Gasteiger partial charge in [0.1, 0.15) is 0 Å². The van der Waals surface area contributed by atoms with Gasteiger partial charge in [-0.15, -0.1) is 0 Å². The first-order valence-corrected chi connectivity index (χ1v) is 6.63. The Kier molecular flexibility index (Phi) is 4.52. The Morgan fingerprint density at radius 2 is 1.50 bits per heavy atom. The molecule has 4 heteroatoms. The minimum absolute atomic E-state index is 0.0204. The quantitative estimate of drug-likeness (QED) is 0.845. The molecule has 0 amide bonds. The lowest BCUT2D eigenvalue weighted by atomic mass is 9.99. The molecule has 1 N–H and O–H groups in total. The molecule has 0 fully saturated rings. The van der Waals surface area contributed by atoms with Crippen LogP contribution in [0.5, 0.6) is 0 Å². The van der Waals surface area contributed by atoms with Crippen LogP contribution in [0.2, 0.25) is 15.1 Å². The third-order valence-corrected chi connectivity index (χ3v) is 3.58. The summed E-state index contributed by atoms with van der Waals surface area (Å²) >= 11 is 18.0. The summed E-state index contributed by atoms with van der Waals surface area (Å²) < 4.78 is 0. The van der Waals surface area contributed by atoms with E-state index in [1.807, 2.05) is 43.4 Å². The second-order valence-electron chi connectivity index (χ2n) is 3.94. The van der Waals surface area contributed by atoms with Gasteiger partial charge in [-0.3, -0.25) is 0 Å². The van der Waals surface area contributed by atoms with Gasteiger partial charge in [-0.05, 0) is 42.4 Å². The summed E-state index contributed by atoms with van der Waals surface area (Å²) in [5, 5.41) is 5.25. The lowest BCUT2D eigenvalue weighted by molar-refractivity contribution is 0.692. The van der Waals surface area contributed by atoms with Crippen LogP contribution in [0.1, 0.15) is 17.2 Å². The number of halogens is 3. The highest BCUT2D eigenvalue weighted by Gasteiger charge is 2.15. The van der Waals surface area contributed by atoms with E-state index in [9.17, 15) is 0 Å². The molecule has 2 aromatic rings. The molecule has 0 radical (unpaired) electrons. The van der Waals surface area contributed by atoms with Gasteiger partial charge in [0.05, 0.1) is 6.04 Å². The van der Waals surface area contributed by atoms with Crippen molar-refractivity contribution in [1.29, 1.82) is 0 Å². The Hall–Kier alpha value is -0.730. The van der Waals surface area contributed by atoms with E-state index in [4.69, 9.17) is 34.8 Å². The van der Waals surface area contributed by atoms with Crippen molar-refractivity contribution in [2.24, 2.45) is 0 Å². The van der Waals surface area contributed by atoms with Crippen LogP contribution in [0, 0.1) is 0 Å². The molecule has 0 heterocycles. The highest BCUT2D eigenvalue weighted by molar-refractivity contribution is 6.35. The van der Waals surface area contributed by atoms with E-state index in [1.54, 1.807) is 6.07 Å². The zero-order chi connectivity index (χ0) is 13.1. The molecule has 0 aromatic heterocycles. The first kappa shape index (κ1) is 13.7. The molecule has 0 aliphatic carbocycles. The van der Waals surface area contributed by atoms with Gasteiger partial charge in [0.25, 0.3) is 0 Å². The van der Waals surface area contributed by atoms with Gasteiger partial charge in [-0.1, -0.05) is 53.0 Å². The van der Waals surface area contributed by atoms with Crippen molar-refractivity contribution in [2.45, 2.75) is 6.04 Å². The molecule has 2 rings (SSSR count). The van der Waals surface area contributed by atoms with Crippen LogP contribution < -0.4 is 5.32 Å². The van der Waals surface area contributed by atoms with Crippen LogP contribution in [0.3, 0.4) is 0 Å². The minimum Gasteiger partial charge on any atom is -0.309 e. The number of hydrogen-bond donors (Lipinski definition) is 1. The van der Waals surface area contributed by atoms with Gasteiger partial charge >= 0.3 is 0 Å². The van der Waals surface area contributed by atoms with Gasteiger partial charge in [-0.2, -0.15) is 0 Å². The second-order valence-corrected chi connectivity index (χ2v) is 5.22. The first-order chi connectivity index (χ1) is 8.61. The third kappa shape index (κ3) is 2.99. The van der Waals surface area contributed by atoms with E-state index in [2.05, 4.69) is 5.32 Å². The van der Waals surface area contributed by atoms with Crippen molar-refractivity contribution in [3.8, 4) is 0 Å². The summed E-state index contributed by atoms with van der Waals surface area (Å²) in [5.74, 6) is 0. The molecule has 1 nitrogen and oxygen atoms in total. The van der Waals surface area contributed by atoms with Gasteiger partial charge in [0, 0.05) is 15.1 Å². The maximum absolute atomic E-state index is 6.23. The largest absolute Gasteiger partial charge is 0.309 e. The van der Waals surface area contributed by atoms with E-state index in [-0.39, 0.29) is 6.04 Å². The fraction of sp³-hybridized carbons (Fsp3) is 0.143. The van der Waals surface area contributed by atoms with Gasteiger partial charge in [0.15, 0.2) is 0 Å². The summed E-state index contributed by atoms with van der Waals surface area (Å²) in [4.78, 5) is 0. The summed E-state index contributed by atoms with van der Waals surface area (Å²) in [6.45, 7) is 0. The Morgan fingerprint density at radius 3 is 2.06 bits per heavy atom. The smallest absolute Gasteiger partial charge is 0.0589 e. The van der Waals surface area contributed by atoms with Crippen LogP contribution in [-0.2, 0) is 0 Å². The first-order valence-electron chi connectivity index (χ1n) is 5.49. The molecule has 1 unspecified atom stereocenters. The zero-order valence-corrected chi connectivity index (χ0v) is 12.0. The molecule has 94 valence electrons. The monoisotopic (exact) mass is 299 g/mol. The van der Waals surface area contributed by atoms with Crippen LogP contribution in [0.4, 0.5) is 0 Å². The number of rotatable bonds is 3. The highest BCUT2D eigenvalue weighted by Crippen LogP contribution is 2.30. The molecule has 1 atom stereocenters. The molecule has 18 heavy (non-hydrogen) atoms. The third-order valence-electron chi connectivity index (χ3n) is 2.77. The fourth-order valence-corrected chi connectivity index (χ4v) is 2.54. The van der Waals surface area contributed by atoms with Crippen LogP contribution in [-0.4, -0.2) is 7.05 Å². The van der Waals surface area contributed by atoms with Crippen molar-refractivity contribution >= 4 is 34.8 Å². The predicted molar refractivity (Wildman–Crippen MR) is 78.8 cm³/mol. The fourth-order valence-electron chi connectivity index (χ4n) is 1.89. The van der Waals surface area contributed by atoms with Crippen LogP contribution in [0.15, 0.2) is 42.5 Å². The van der Waals surface area contributed by atoms with Gasteiger partial charge < -0.3 is 5.32 Å². The van der Waals surface area contributed by atoms with E-state index in [1.165, 1.54) is 0 Å². The predicted octanol–water partition coefficient (Wildman–Crippen LogP) is 4.96. The molecule has 0 bridgehead atoms. The van der Waals surface area contributed by atoms with Crippen molar-refractivity contribution in [3.05, 3.63) is 68.7 Å². The SMILES string of the molecule is CNC(c1ccc(Cl)cc1)c1ccc(Cl)cc1Cl. The summed E-state index contributed by atoms with van der Waals surface area (Å²) in [6, 6.07) is 13.2. The van der Waals surface area contributed by atoms with Crippen molar-refractivity contribution in [3.63, 3.8) is 0 Å². The van der Waals surface area contributed by atoms with E-state index >= 15 is 0 Å². The zero-order valence-electron chi connectivity index (χ0n) is 9.75. The Balaban J connectivity index is 2.41. The lowest BCUT2D eigenvalue weighted by Gasteiger charge is -2.18. The average Bonchev–Trinajstić information content (AvgIpc) is 2.35. The van der Waals surface area contributed by atoms with Gasteiger partial charge in [0.2, 0.25) is 0 Å². The van der Waals surface area contributed by atoms with Crippen molar-refractivity contribution < 1.29 is 0 Å². The van der Waals surface area contributed by atoms with Crippen LogP contribution in [0.25, 0.3) is 0 Å². The maximum atomic E-state index is 6.23. The summed E-state index contributed by atoms with van der Waals surface area (Å²) in [5.41, 5.74) is 2.09.